The molecule has 26 heavy (non-hydrogen) atoms. The number of aromatic nitrogens is 2. The van der Waals surface area contributed by atoms with E-state index in [1.54, 1.807) is 19.1 Å². The van der Waals surface area contributed by atoms with Crippen molar-refractivity contribution in [3.63, 3.8) is 0 Å². The Balaban J connectivity index is 1.51. The number of amides is 1. The van der Waals surface area contributed by atoms with E-state index in [1.807, 2.05) is 19.9 Å². The molecule has 1 aliphatic rings. The second kappa shape index (κ2) is 7.81. The van der Waals surface area contributed by atoms with Crippen molar-refractivity contribution < 1.29 is 13.9 Å². The van der Waals surface area contributed by atoms with E-state index in [0.29, 0.717) is 17.1 Å². The van der Waals surface area contributed by atoms with Crippen molar-refractivity contribution in [1.29, 1.82) is 0 Å². The van der Waals surface area contributed by atoms with Crippen molar-refractivity contribution in [1.82, 2.24) is 15.3 Å². The highest BCUT2D eigenvalue weighted by molar-refractivity contribution is 5.94. The van der Waals surface area contributed by atoms with Crippen LogP contribution in [0.4, 0.5) is 4.39 Å². The number of halogens is 1. The average molecular weight is 357 g/mol. The van der Waals surface area contributed by atoms with Gasteiger partial charge in [0.2, 0.25) is 0 Å². The van der Waals surface area contributed by atoms with Gasteiger partial charge >= 0.3 is 6.01 Å². The molecule has 1 amide bonds. The minimum absolute atomic E-state index is 0.0566. The summed E-state index contributed by atoms with van der Waals surface area (Å²) >= 11 is 0. The second-order valence-corrected chi connectivity index (χ2v) is 6.96. The summed E-state index contributed by atoms with van der Waals surface area (Å²) in [6, 6.07) is 6.97. The number of benzene rings is 1. The summed E-state index contributed by atoms with van der Waals surface area (Å²) in [6.45, 7) is 5.52. The topological polar surface area (TPSA) is 64.1 Å². The molecule has 0 spiro atoms. The highest BCUT2D eigenvalue weighted by Crippen LogP contribution is 2.23. The number of carbonyl (C=O) groups is 1. The molecular formula is C20H24FN3O2. The number of nitrogens with one attached hydrogen (secondary N) is 1. The summed E-state index contributed by atoms with van der Waals surface area (Å²) in [5.41, 5.74) is 2.67. The predicted molar refractivity (Wildman–Crippen MR) is 96.8 cm³/mol. The number of rotatable bonds is 4. The van der Waals surface area contributed by atoms with E-state index in [0.717, 1.165) is 37.1 Å². The fourth-order valence-electron chi connectivity index (χ4n) is 3.22. The second-order valence-electron chi connectivity index (χ2n) is 6.96. The molecule has 0 radical (unpaired) electrons. The zero-order chi connectivity index (χ0) is 18.7. The van der Waals surface area contributed by atoms with Gasteiger partial charge in [0.25, 0.3) is 5.91 Å². The summed E-state index contributed by atoms with van der Waals surface area (Å²) in [4.78, 5) is 20.9. The monoisotopic (exact) mass is 357 g/mol. The molecule has 1 fully saturated rings. The third kappa shape index (κ3) is 4.56. The molecule has 0 saturated heterocycles. The first-order valence-electron chi connectivity index (χ1n) is 8.96. The largest absolute Gasteiger partial charge is 0.460 e. The predicted octanol–water partition coefficient (Wildman–Crippen LogP) is 3.66. The van der Waals surface area contributed by atoms with E-state index in [4.69, 9.17) is 4.74 Å². The minimum atomic E-state index is -0.358. The Bertz CT molecular complexity index is 781. The van der Waals surface area contributed by atoms with Crippen LogP contribution in [0.2, 0.25) is 0 Å². The van der Waals surface area contributed by atoms with Gasteiger partial charge in [-0.2, -0.15) is 0 Å². The summed E-state index contributed by atoms with van der Waals surface area (Å²) in [6.07, 6.45) is 3.33. The first kappa shape index (κ1) is 18.3. The van der Waals surface area contributed by atoms with Crippen LogP contribution in [-0.2, 0) is 0 Å². The average Bonchev–Trinajstić information content (AvgIpc) is 2.58. The Morgan fingerprint density at radius 1 is 1.08 bits per heavy atom. The number of hydrogen-bond donors (Lipinski definition) is 1. The molecule has 1 heterocycles. The van der Waals surface area contributed by atoms with Gasteiger partial charge < -0.3 is 10.1 Å². The molecule has 1 aromatic heterocycles. The Morgan fingerprint density at radius 3 is 2.35 bits per heavy atom. The van der Waals surface area contributed by atoms with Crippen molar-refractivity contribution in [2.75, 3.05) is 0 Å². The van der Waals surface area contributed by atoms with Crippen molar-refractivity contribution in [2.24, 2.45) is 0 Å². The zero-order valence-electron chi connectivity index (χ0n) is 15.4. The van der Waals surface area contributed by atoms with E-state index in [1.165, 1.54) is 6.07 Å². The maximum Gasteiger partial charge on any atom is 0.317 e. The van der Waals surface area contributed by atoms with Crippen LogP contribution in [0.15, 0.2) is 24.3 Å². The van der Waals surface area contributed by atoms with E-state index in [9.17, 15) is 9.18 Å². The van der Waals surface area contributed by atoms with Gasteiger partial charge in [0, 0.05) is 23.0 Å². The van der Waals surface area contributed by atoms with Crippen LogP contribution in [0.5, 0.6) is 6.01 Å². The molecule has 1 aliphatic carbocycles. The van der Waals surface area contributed by atoms with Gasteiger partial charge in [0.1, 0.15) is 11.9 Å². The van der Waals surface area contributed by atoms with Crippen molar-refractivity contribution >= 4 is 5.91 Å². The molecule has 5 nitrogen and oxygen atoms in total. The number of ether oxygens (including phenoxy) is 1. The lowest BCUT2D eigenvalue weighted by Gasteiger charge is -2.29. The summed E-state index contributed by atoms with van der Waals surface area (Å²) in [5.74, 6) is -0.589. The van der Waals surface area contributed by atoms with Gasteiger partial charge in [-0.15, -0.1) is 0 Å². The molecule has 0 atom stereocenters. The smallest absolute Gasteiger partial charge is 0.317 e. The number of carbonyl (C=O) groups excluding carboxylic acids is 1. The highest BCUT2D eigenvalue weighted by Gasteiger charge is 2.25. The van der Waals surface area contributed by atoms with Crippen LogP contribution >= 0.6 is 0 Å². The fraction of sp³-hybridized carbons (Fsp3) is 0.450. The van der Waals surface area contributed by atoms with Gasteiger partial charge in [-0.25, -0.2) is 14.4 Å². The first-order chi connectivity index (χ1) is 12.4. The first-order valence-corrected chi connectivity index (χ1v) is 8.96. The van der Waals surface area contributed by atoms with Crippen molar-refractivity contribution in [3.8, 4) is 6.01 Å². The SMILES string of the molecule is Cc1cc(C)nc(OC2CCC(NC(=O)c3ccc(C)c(F)c3)CC2)n1. The zero-order valence-corrected chi connectivity index (χ0v) is 15.4. The van der Waals surface area contributed by atoms with Crippen LogP contribution < -0.4 is 10.1 Å². The van der Waals surface area contributed by atoms with Crippen LogP contribution in [0.3, 0.4) is 0 Å². The molecule has 6 heteroatoms. The molecule has 3 rings (SSSR count). The van der Waals surface area contributed by atoms with Gasteiger partial charge in [-0.1, -0.05) is 6.07 Å². The van der Waals surface area contributed by atoms with E-state index >= 15 is 0 Å². The molecule has 0 bridgehead atoms. The van der Waals surface area contributed by atoms with Gasteiger partial charge in [0.15, 0.2) is 0 Å². The van der Waals surface area contributed by atoms with Gasteiger partial charge in [0.05, 0.1) is 0 Å². The fourth-order valence-corrected chi connectivity index (χ4v) is 3.22. The molecule has 0 unspecified atom stereocenters. The lowest BCUT2D eigenvalue weighted by molar-refractivity contribution is 0.0884. The normalized spacial score (nSPS) is 19.8. The van der Waals surface area contributed by atoms with E-state index < -0.39 is 0 Å². The van der Waals surface area contributed by atoms with E-state index in [2.05, 4.69) is 15.3 Å². The Labute approximate surface area is 153 Å². The summed E-state index contributed by atoms with van der Waals surface area (Å²) in [7, 11) is 0. The molecule has 1 aromatic carbocycles. The molecule has 2 aromatic rings. The molecule has 1 N–H and O–H groups in total. The van der Waals surface area contributed by atoms with Crippen LogP contribution in [-0.4, -0.2) is 28.0 Å². The maximum absolute atomic E-state index is 13.6. The van der Waals surface area contributed by atoms with Crippen LogP contribution in [0.1, 0.15) is 53.0 Å². The molecule has 0 aliphatic heterocycles. The standard InChI is InChI=1S/C20H24FN3O2/c1-12-4-5-15(11-18(12)21)19(25)24-16-6-8-17(9-7-16)26-20-22-13(2)10-14(3)23-20/h4-5,10-11,16-17H,6-9H2,1-3H3,(H,24,25). The van der Waals surface area contributed by atoms with Gasteiger partial charge in [-0.05, 0) is 70.2 Å². The van der Waals surface area contributed by atoms with E-state index in [-0.39, 0.29) is 23.9 Å². The number of nitrogens with zero attached hydrogens (tertiary/aromatic N) is 2. The van der Waals surface area contributed by atoms with Crippen LogP contribution in [0, 0.1) is 26.6 Å². The van der Waals surface area contributed by atoms with Crippen LogP contribution in [0.25, 0.3) is 0 Å². The summed E-state index contributed by atoms with van der Waals surface area (Å²) < 4.78 is 19.5. The highest BCUT2D eigenvalue weighted by atomic mass is 19.1. The third-order valence-electron chi connectivity index (χ3n) is 4.68. The lowest BCUT2D eigenvalue weighted by Crippen LogP contribution is -2.39. The van der Waals surface area contributed by atoms with Crippen molar-refractivity contribution in [2.45, 2.75) is 58.6 Å². The Kier molecular flexibility index (Phi) is 5.49. The summed E-state index contributed by atoms with van der Waals surface area (Å²) in [5, 5.41) is 2.99. The number of aryl methyl sites for hydroxylation is 3. The maximum atomic E-state index is 13.6. The van der Waals surface area contributed by atoms with Crippen molar-refractivity contribution in [3.05, 3.63) is 52.6 Å². The lowest BCUT2D eigenvalue weighted by atomic mass is 9.92. The third-order valence-corrected chi connectivity index (χ3v) is 4.68. The number of hydrogen-bond acceptors (Lipinski definition) is 4. The minimum Gasteiger partial charge on any atom is -0.460 e. The Hall–Kier alpha value is -2.50. The molecular weight excluding hydrogens is 333 g/mol. The van der Waals surface area contributed by atoms with Gasteiger partial charge in [-0.3, -0.25) is 4.79 Å². The quantitative estimate of drug-likeness (QED) is 0.907. The Morgan fingerprint density at radius 2 is 1.73 bits per heavy atom. The molecule has 1 saturated carbocycles. The molecule has 138 valence electrons.